The highest BCUT2D eigenvalue weighted by atomic mass is 32.2. The highest BCUT2D eigenvalue weighted by Crippen LogP contribution is 2.33. The van der Waals surface area contributed by atoms with Crippen LogP contribution in [0.25, 0.3) is 0 Å². The van der Waals surface area contributed by atoms with Crippen molar-refractivity contribution in [2.24, 2.45) is 16.8 Å². The van der Waals surface area contributed by atoms with Crippen molar-refractivity contribution in [3.63, 3.8) is 0 Å². The molecule has 4 nitrogen and oxygen atoms in total. The summed E-state index contributed by atoms with van der Waals surface area (Å²) in [6.07, 6.45) is 11.4. The number of hydrogen-bond donors (Lipinski definition) is 2. The second-order valence-corrected chi connectivity index (χ2v) is 8.55. The zero-order valence-corrected chi connectivity index (χ0v) is 16.0. The van der Waals surface area contributed by atoms with Gasteiger partial charge in [0.05, 0.1) is 0 Å². The summed E-state index contributed by atoms with van der Waals surface area (Å²) >= 11 is 1.97. The summed E-state index contributed by atoms with van der Waals surface area (Å²) in [5.74, 6) is 2.77. The highest BCUT2D eigenvalue weighted by molar-refractivity contribution is 8.00. The van der Waals surface area contributed by atoms with Crippen molar-refractivity contribution in [2.75, 3.05) is 39.6 Å². The molecule has 0 spiro atoms. The van der Waals surface area contributed by atoms with E-state index in [-0.39, 0.29) is 0 Å². The van der Waals surface area contributed by atoms with Crippen LogP contribution in [0.5, 0.6) is 0 Å². The third-order valence-corrected chi connectivity index (χ3v) is 6.95. The molecule has 2 unspecified atom stereocenters. The number of rotatable bonds is 6. The Labute approximate surface area is 146 Å². The van der Waals surface area contributed by atoms with Crippen molar-refractivity contribution in [3.8, 4) is 0 Å². The molecular weight excluding hydrogens is 306 g/mol. The Kier molecular flexibility index (Phi) is 8.04. The van der Waals surface area contributed by atoms with E-state index in [4.69, 9.17) is 4.74 Å². The molecule has 0 aromatic carbocycles. The average Bonchev–Trinajstić information content (AvgIpc) is 2.59. The summed E-state index contributed by atoms with van der Waals surface area (Å²) < 4.78 is 5.81. The van der Waals surface area contributed by atoms with Crippen LogP contribution in [0.1, 0.15) is 51.9 Å². The van der Waals surface area contributed by atoms with Crippen LogP contribution >= 0.6 is 11.8 Å². The van der Waals surface area contributed by atoms with Crippen molar-refractivity contribution in [2.45, 2.75) is 56.6 Å². The molecule has 134 valence electrons. The van der Waals surface area contributed by atoms with Gasteiger partial charge in [0.25, 0.3) is 0 Å². The molecular formula is C18H35N3OS. The lowest BCUT2D eigenvalue weighted by Crippen LogP contribution is -2.48. The van der Waals surface area contributed by atoms with E-state index >= 15 is 0 Å². The summed E-state index contributed by atoms with van der Waals surface area (Å²) in [5, 5.41) is 7.05. The number of ether oxygens (including phenoxy) is 1. The van der Waals surface area contributed by atoms with Gasteiger partial charge in [0, 0.05) is 38.1 Å². The molecule has 0 aromatic heterocycles. The van der Waals surface area contributed by atoms with Crippen LogP contribution in [-0.2, 0) is 4.74 Å². The number of nitrogens with one attached hydrogen (secondary N) is 2. The minimum absolute atomic E-state index is 0.300. The zero-order chi connectivity index (χ0) is 16.5. The van der Waals surface area contributed by atoms with Gasteiger partial charge in [-0.3, -0.25) is 4.99 Å². The summed E-state index contributed by atoms with van der Waals surface area (Å²) in [6.45, 7) is 6.17. The van der Waals surface area contributed by atoms with Gasteiger partial charge < -0.3 is 15.4 Å². The summed E-state index contributed by atoms with van der Waals surface area (Å²) in [7, 11) is 1.87. The fourth-order valence-corrected chi connectivity index (χ4v) is 4.67. The molecule has 0 radical (unpaired) electrons. The van der Waals surface area contributed by atoms with Crippen LogP contribution in [0.15, 0.2) is 4.99 Å². The normalized spacial score (nSPS) is 28.4. The predicted octanol–water partition coefficient (Wildman–Crippen LogP) is 3.28. The maximum atomic E-state index is 5.51. The van der Waals surface area contributed by atoms with Gasteiger partial charge >= 0.3 is 0 Å². The minimum atomic E-state index is 0.300. The van der Waals surface area contributed by atoms with E-state index in [1.54, 1.807) is 0 Å². The SMILES string of the molecule is CN=C(NCCC1CCCC(C)C1)NCC1(SC)CCOCC1. The first-order valence-corrected chi connectivity index (χ1v) is 10.5. The Morgan fingerprint density at radius 3 is 2.70 bits per heavy atom. The lowest BCUT2D eigenvalue weighted by molar-refractivity contribution is 0.0783. The van der Waals surface area contributed by atoms with Gasteiger partial charge in [-0.2, -0.15) is 11.8 Å². The lowest BCUT2D eigenvalue weighted by atomic mass is 9.81. The molecule has 0 aromatic rings. The van der Waals surface area contributed by atoms with E-state index in [0.29, 0.717) is 4.75 Å². The molecule has 2 aliphatic rings. The topological polar surface area (TPSA) is 45.7 Å². The number of nitrogens with zero attached hydrogens (tertiary/aromatic N) is 1. The fourth-order valence-electron chi connectivity index (χ4n) is 3.88. The average molecular weight is 342 g/mol. The van der Waals surface area contributed by atoms with Crippen molar-refractivity contribution in [1.82, 2.24) is 10.6 Å². The van der Waals surface area contributed by atoms with Crippen LogP contribution in [0, 0.1) is 11.8 Å². The standard InChI is InChI=1S/C18H35N3OS/c1-15-5-4-6-16(13-15)7-10-20-17(19-2)21-14-18(23-3)8-11-22-12-9-18/h15-16H,4-14H2,1-3H3,(H2,19,20,21). The molecule has 2 rings (SSSR count). The van der Waals surface area contributed by atoms with Gasteiger partial charge in [0.2, 0.25) is 0 Å². The fraction of sp³-hybridized carbons (Fsp3) is 0.944. The summed E-state index contributed by atoms with van der Waals surface area (Å²) in [4.78, 5) is 4.39. The third-order valence-electron chi connectivity index (χ3n) is 5.53. The maximum Gasteiger partial charge on any atom is 0.191 e. The molecule has 2 N–H and O–H groups in total. The van der Waals surface area contributed by atoms with Crippen molar-refractivity contribution in [3.05, 3.63) is 0 Å². The van der Waals surface area contributed by atoms with Gasteiger partial charge in [0.1, 0.15) is 0 Å². The van der Waals surface area contributed by atoms with Crippen LogP contribution < -0.4 is 10.6 Å². The second-order valence-electron chi connectivity index (χ2n) is 7.28. The first-order chi connectivity index (χ1) is 11.2. The molecule has 1 saturated heterocycles. The van der Waals surface area contributed by atoms with Crippen LogP contribution in [0.4, 0.5) is 0 Å². The van der Waals surface area contributed by atoms with Gasteiger partial charge in [0.15, 0.2) is 5.96 Å². The molecule has 2 atom stereocenters. The molecule has 1 aliphatic heterocycles. The Balaban J connectivity index is 1.68. The van der Waals surface area contributed by atoms with Crippen molar-refractivity contribution >= 4 is 17.7 Å². The molecule has 2 fully saturated rings. The first-order valence-electron chi connectivity index (χ1n) is 9.25. The van der Waals surface area contributed by atoms with E-state index < -0.39 is 0 Å². The summed E-state index contributed by atoms with van der Waals surface area (Å²) in [6, 6.07) is 0. The Morgan fingerprint density at radius 1 is 1.26 bits per heavy atom. The van der Waals surface area contributed by atoms with Gasteiger partial charge in [-0.05, 0) is 43.8 Å². The number of guanidine groups is 1. The second kappa shape index (κ2) is 9.77. The number of hydrogen-bond acceptors (Lipinski definition) is 3. The molecule has 1 aliphatic carbocycles. The molecule has 1 heterocycles. The van der Waals surface area contributed by atoms with Gasteiger partial charge in [-0.15, -0.1) is 0 Å². The molecule has 0 amide bonds. The van der Waals surface area contributed by atoms with Gasteiger partial charge in [-0.1, -0.05) is 26.2 Å². The molecule has 23 heavy (non-hydrogen) atoms. The quantitative estimate of drug-likeness (QED) is 0.575. The van der Waals surface area contributed by atoms with Crippen LogP contribution in [0.3, 0.4) is 0 Å². The predicted molar refractivity (Wildman–Crippen MR) is 101 cm³/mol. The smallest absolute Gasteiger partial charge is 0.191 e. The molecule has 1 saturated carbocycles. The monoisotopic (exact) mass is 341 g/mol. The number of thioether (sulfide) groups is 1. The van der Waals surface area contributed by atoms with Crippen LogP contribution in [-0.4, -0.2) is 50.3 Å². The summed E-state index contributed by atoms with van der Waals surface area (Å²) in [5.41, 5.74) is 0. The largest absolute Gasteiger partial charge is 0.381 e. The van der Waals surface area contributed by atoms with Crippen molar-refractivity contribution < 1.29 is 4.74 Å². The van der Waals surface area contributed by atoms with E-state index in [0.717, 1.165) is 56.9 Å². The first kappa shape index (κ1) is 18.9. The molecule has 0 bridgehead atoms. The Morgan fingerprint density at radius 2 is 2.04 bits per heavy atom. The van der Waals surface area contributed by atoms with Crippen LogP contribution in [0.2, 0.25) is 0 Å². The zero-order valence-electron chi connectivity index (χ0n) is 15.2. The van der Waals surface area contributed by atoms with E-state index in [9.17, 15) is 0 Å². The lowest BCUT2D eigenvalue weighted by Gasteiger charge is -2.36. The van der Waals surface area contributed by atoms with Crippen molar-refractivity contribution in [1.29, 1.82) is 0 Å². The van der Waals surface area contributed by atoms with Gasteiger partial charge in [-0.25, -0.2) is 0 Å². The Bertz CT molecular complexity index is 369. The Hall–Kier alpha value is -0.420. The van der Waals surface area contributed by atoms with E-state index in [2.05, 4.69) is 28.8 Å². The number of aliphatic imine (C=N–C) groups is 1. The third kappa shape index (κ3) is 6.18. The van der Waals surface area contributed by atoms with E-state index in [1.807, 2.05) is 18.8 Å². The van der Waals surface area contributed by atoms with E-state index in [1.165, 1.54) is 32.1 Å². The highest BCUT2D eigenvalue weighted by Gasteiger charge is 2.31. The minimum Gasteiger partial charge on any atom is -0.381 e. The molecule has 5 heteroatoms. The maximum absolute atomic E-state index is 5.51.